The summed E-state index contributed by atoms with van der Waals surface area (Å²) in [6.45, 7) is 6.34. The molecule has 2 amide bonds. The predicted octanol–water partition coefficient (Wildman–Crippen LogP) is 4.96. The minimum Gasteiger partial charge on any atom is -0.492 e. The first-order valence-electron chi connectivity index (χ1n) is 9.17. The lowest BCUT2D eigenvalue weighted by molar-refractivity contribution is -0.114. The van der Waals surface area contributed by atoms with Gasteiger partial charge in [0, 0.05) is 23.9 Å². The van der Waals surface area contributed by atoms with Crippen molar-refractivity contribution >= 4 is 56.4 Å². The van der Waals surface area contributed by atoms with Gasteiger partial charge in [-0.2, -0.15) is 0 Å². The van der Waals surface area contributed by atoms with Crippen LogP contribution in [0, 0.1) is 5.92 Å². The number of hydrogen-bond acceptors (Lipinski definition) is 4. The van der Waals surface area contributed by atoms with E-state index in [0.717, 1.165) is 6.42 Å². The van der Waals surface area contributed by atoms with E-state index in [1.807, 2.05) is 0 Å². The van der Waals surface area contributed by atoms with Crippen molar-refractivity contribution in [3.8, 4) is 5.75 Å². The quantitative estimate of drug-likeness (QED) is 0.491. The Kier molecular flexibility index (Phi) is 8.60. The molecule has 0 heterocycles. The van der Waals surface area contributed by atoms with Crippen LogP contribution in [0.4, 0.5) is 11.4 Å². The fourth-order valence-corrected chi connectivity index (χ4v) is 3.05. The standard InChI is InChI=1S/C21H24BrN3O3S/c1-13(2)10-11-28-19-9-4-15(12-18(19)22)20(27)25-21(29)24-17-7-5-16(6-8-17)23-14(3)26/h4-9,12-13H,10-11H2,1-3H3,(H,23,26)(H2,24,25,27,29). The van der Waals surface area contributed by atoms with Crippen LogP contribution in [0.2, 0.25) is 0 Å². The third kappa shape index (κ3) is 7.83. The molecule has 29 heavy (non-hydrogen) atoms. The molecule has 0 aliphatic rings. The summed E-state index contributed by atoms with van der Waals surface area (Å²) in [6, 6.07) is 12.1. The highest BCUT2D eigenvalue weighted by atomic mass is 79.9. The first-order valence-corrected chi connectivity index (χ1v) is 10.4. The third-order valence-electron chi connectivity index (χ3n) is 3.84. The predicted molar refractivity (Wildman–Crippen MR) is 124 cm³/mol. The van der Waals surface area contributed by atoms with Gasteiger partial charge < -0.3 is 15.4 Å². The molecular formula is C21H24BrN3O3S. The zero-order valence-electron chi connectivity index (χ0n) is 16.5. The average Bonchev–Trinajstić information content (AvgIpc) is 2.63. The van der Waals surface area contributed by atoms with E-state index in [-0.39, 0.29) is 16.9 Å². The number of benzene rings is 2. The van der Waals surface area contributed by atoms with Crippen LogP contribution in [-0.2, 0) is 4.79 Å². The van der Waals surface area contributed by atoms with Crippen molar-refractivity contribution in [1.82, 2.24) is 5.32 Å². The Hall–Kier alpha value is -2.45. The van der Waals surface area contributed by atoms with Crippen LogP contribution >= 0.6 is 28.1 Å². The second-order valence-corrected chi connectivity index (χ2v) is 8.11. The number of hydrogen-bond donors (Lipinski definition) is 3. The topological polar surface area (TPSA) is 79.5 Å². The molecular weight excluding hydrogens is 454 g/mol. The van der Waals surface area contributed by atoms with E-state index in [2.05, 4.69) is 45.7 Å². The monoisotopic (exact) mass is 477 g/mol. The lowest BCUT2D eigenvalue weighted by atomic mass is 10.1. The van der Waals surface area contributed by atoms with Crippen molar-refractivity contribution in [1.29, 1.82) is 0 Å². The van der Waals surface area contributed by atoms with Crippen molar-refractivity contribution in [2.45, 2.75) is 27.2 Å². The minimum absolute atomic E-state index is 0.143. The number of thiocarbonyl (C=S) groups is 1. The fraction of sp³-hybridized carbons (Fsp3) is 0.286. The van der Waals surface area contributed by atoms with Gasteiger partial charge in [-0.1, -0.05) is 13.8 Å². The first kappa shape index (κ1) is 22.8. The zero-order chi connectivity index (χ0) is 21.4. The highest BCUT2D eigenvalue weighted by Gasteiger charge is 2.11. The number of carbonyl (C=O) groups excluding carboxylic acids is 2. The molecule has 3 N–H and O–H groups in total. The van der Waals surface area contributed by atoms with Crippen LogP contribution < -0.4 is 20.7 Å². The number of nitrogens with one attached hydrogen (secondary N) is 3. The molecule has 0 aliphatic carbocycles. The Balaban J connectivity index is 1.91. The highest BCUT2D eigenvalue weighted by Crippen LogP contribution is 2.26. The van der Waals surface area contributed by atoms with Gasteiger partial charge in [-0.3, -0.25) is 14.9 Å². The number of carbonyl (C=O) groups is 2. The molecule has 6 nitrogen and oxygen atoms in total. The lowest BCUT2D eigenvalue weighted by Crippen LogP contribution is -2.34. The molecule has 0 radical (unpaired) electrons. The van der Waals surface area contributed by atoms with Crippen LogP contribution in [-0.4, -0.2) is 23.5 Å². The molecule has 0 bridgehead atoms. The molecule has 2 aromatic carbocycles. The average molecular weight is 478 g/mol. The van der Waals surface area contributed by atoms with Gasteiger partial charge in [-0.15, -0.1) is 0 Å². The molecule has 0 unspecified atom stereocenters. The van der Waals surface area contributed by atoms with Gasteiger partial charge in [-0.25, -0.2) is 0 Å². The van der Waals surface area contributed by atoms with Crippen molar-refractivity contribution in [2.24, 2.45) is 5.92 Å². The molecule has 2 aromatic rings. The molecule has 8 heteroatoms. The van der Waals surface area contributed by atoms with E-state index in [9.17, 15) is 9.59 Å². The Morgan fingerprint density at radius 2 is 1.69 bits per heavy atom. The number of rotatable bonds is 7. The molecule has 0 spiro atoms. The Morgan fingerprint density at radius 3 is 2.24 bits per heavy atom. The summed E-state index contributed by atoms with van der Waals surface area (Å²) in [5.41, 5.74) is 1.83. The fourth-order valence-electron chi connectivity index (χ4n) is 2.34. The van der Waals surface area contributed by atoms with Crippen molar-refractivity contribution in [2.75, 3.05) is 17.2 Å². The molecule has 0 fully saturated rings. The van der Waals surface area contributed by atoms with Crippen LogP contribution in [0.25, 0.3) is 0 Å². The van der Waals surface area contributed by atoms with Crippen molar-refractivity contribution < 1.29 is 14.3 Å². The summed E-state index contributed by atoms with van der Waals surface area (Å²) < 4.78 is 6.44. The first-order chi connectivity index (χ1) is 13.7. The van der Waals surface area contributed by atoms with Gasteiger partial charge in [0.05, 0.1) is 11.1 Å². The summed E-state index contributed by atoms with van der Waals surface area (Å²) in [5.74, 6) is 0.791. The van der Waals surface area contributed by atoms with E-state index in [4.69, 9.17) is 17.0 Å². The number of anilines is 2. The van der Waals surface area contributed by atoms with E-state index in [0.29, 0.717) is 39.7 Å². The maximum Gasteiger partial charge on any atom is 0.257 e. The maximum absolute atomic E-state index is 12.4. The smallest absolute Gasteiger partial charge is 0.257 e. The Labute approximate surface area is 184 Å². The minimum atomic E-state index is -0.327. The number of ether oxygens (including phenoxy) is 1. The number of halogens is 1. The van der Waals surface area contributed by atoms with E-state index >= 15 is 0 Å². The summed E-state index contributed by atoms with van der Waals surface area (Å²) in [6.07, 6.45) is 0.959. The summed E-state index contributed by atoms with van der Waals surface area (Å²) in [4.78, 5) is 23.5. The Bertz CT molecular complexity index is 885. The van der Waals surface area contributed by atoms with Gasteiger partial charge in [0.25, 0.3) is 5.91 Å². The second-order valence-electron chi connectivity index (χ2n) is 6.84. The zero-order valence-corrected chi connectivity index (χ0v) is 18.9. The molecule has 0 aromatic heterocycles. The molecule has 0 atom stereocenters. The molecule has 0 saturated carbocycles. The van der Waals surface area contributed by atoms with Crippen LogP contribution in [0.3, 0.4) is 0 Å². The van der Waals surface area contributed by atoms with Crippen LogP contribution in [0.1, 0.15) is 37.6 Å². The largest absolute Gasteiger partial charge is 0.492 e. The summed E-state index contributed by atoms with van der Waals surface area (Å²) >= 11 is 8.65. The summed E-state index contributed by atoms with van der Waals surface area (Å²) in [5, 5.41) is 8.44. The highest BCUT2D eigenvalue weighted by molar-refractivity contribution is 9.10. The van der Waals surface area contributed by atoms with E-state index < -0.39 is 0 Å². The van der Waals surface area contributed by atoms with Crippen molar-refractivity contribution in [3.05, 3.63) is 52.5 Å². The van der Waals surface area contributed by atoms with Gasteiger partial charge >= 0.3 is 0 Å². The normalized spacial score (nSPS) is 10.4. The van der Waals surface area contributed by atoms with Crippen LogP contribution in [0.15, 0.2) is 46.9 Å². The van der Waals surface area contributed by atoms with Gasteiger partial charge in [0.1, 0.15) is 5.75 Å². The van der Waals surface area contributed by atoms with E-state index in [1.165, 1.54) is 6.92 Å². The van der Waals surface area contributed by atoms with Gasteiger partial charge in [0.15, 0.2) is 5.11 Å². The molecule has 2 rings (SSSR count). The van der Waals surface area contributed by atoms with E-state index in [1.54, 1.807) is 42.5 Å². The molecule has 0 aliphatic heterocycles. The van der Waals surface area contributed by atoms with Crippen molar-refractivity contribution in [3.63, 3.8) is 0 Å². The Morgan fingerprint density at radius 1 is 1.07 bits per heavy atom. The lowest BCUT2D eigenvalue weighted by Gasteiger charge is -2.12. The van der Waals surface area contributed by atoms with Gasteiger partial charge in [-0.05, 0) is 83.0 Å². The number of amides is 2. The maximum atomic E-state index is 12.4. The van der Waals surface area contributed by atoms with Gasteiger partial charge in [0.2, 0.25) is 5.91 Å². The SMILES string of the molecule is CC(=O)Nc1ccc(NC(=S)NC(=O)c2ccc(OCCC(C)C)c(Br)c2)cc1. The second kappa shape index (κ2) is 10.9. The summed E-state index contributed by atoms with van der Waals surface area (Å²) in [7, 11) is 0. The van der Waals surface area contributed by atoms with Crippen LogP contribution in [0.5, 0.6) is 5.75 Å². The molecule has 154 valence electrons. The molecule has 0 saturated heterocycles. The third-order valence-corrected chi connectivity index (χ3v) is 4.66.